The highest BCUT2D eigenvalue weighted by atomic mass is 35.5. The van der Waals surface area contributed by atoms with E-state index < -0.39 is 11.9 Å². The van der Waals surface area contributed by atoms with Crippen molar-refractivity contribution in [1.82, 2.24) is 0 Å². The fraction of sp³-hybridized carbons (Fsp3) is 0.185. The van der Waals surface area contributed by atoms with Crippen molar-refractivity contribution in [2.75, 3.05) is 13.2 Å². The zero-order valence-corrected chi connectivity index (χ0v) is 20.0. The highest BCUT2D eigenvalue weighted by Gasteiger charge is 2.31. The largest absolute Gasteiger partial charge is 0.494 e. The third-order valence-corrected chi connectivity index (χ3v) is 5.86. The minimum absolute atomic E-state index is 0.00352. The molecule has 1 aliphatic heterocycles. The Kier molecular flexibility index (Phi) is 7.14. The Labute approximate surface area is 208 Å². The maximum atomic E-state index is 12.3. The van der Waals surface area contributed by atoms with Crippen molar-refractivity contribution in [3.63, 3.8) is 0 Å². The molecular weight excluding hydrogens is 468 g/mol. The second-order valence-electron chi connectivity index (χ2n) is 7.80. The van der Waals surface area contributed by atoms with E-state index in [9.17, 15) is 10.1 Å². The molecule has 0 aliphatic carbocycles. The number of nitriles is 1. The number of fused-ring (bicyclic) bond motifs is 1. The number of ether oxygens (including phenoxy) is 4. The van der Waals surface area contributed by atoms with Crippen LogP contribution in [0.1, 0.15) is 29.5 Å². The summed E-state index contributed by atoms with van der Waals surface area (Å²) in [5.41, 5.74) is 8.80. The van der Waals surface area contributed by atoms with Crippen LogP contribution in [0.15, 0.2) is 72.1 Å². The molecule has 0 radical (unpaired) electrons. The van der Waals surface area contributed by atoms with Gasteiger partial charge in [-0.25, -0.2) is 4.79 Å². The summed E-state index contributed by atoms with van der Waals surface area (Å²) < 4.78 is 22.1. The fourth-order valence-corrected chi connectivity index (χ4v) is 3.89. The SMILES string of the molecule is CCOc1ccc(C2C(C#N)=C(N)Oc3cc(OC(=O)COc4ccc(Cl)c(C)c4)ccc32)cc1. The normalized spacial score (nSPS) is 14.4. The van der Waals surface area contributed by atoms with Gasteiger partial charge >= 0.3 is 5.97 Å². The number of halogens is 1. The van der Waals surface area contributed by atoms with Crippen LogP contribution in [-0.2, 0) is 4.79 Å². The Morgan fingerprint density at radius 3 is 2.46 bits per heavy atom. The van der Waals surface area contributed by atoms with Gasteiger partial charge in [0.15, 0.2) is 6.61 Å². The summed E-state index contributed by atoms with van der Waals surface area (Å²) in [4.78, 5) is 12.3. The van der Waals surface area contributed by atoms with Gasteiger partial charge in [0.05, 0.1) is 12.5 Å². The van der Waals surface area contributed by atoms with E-state index in [-0.39, 0.29) is 18.2 Å². The zero-order valence-electron chi connectivity index (χ0n) is 19.2. The molecule has 8 heteroatoms. The van der Waals surface area contributed by atoms with E-state index in [1.165, 1.54) is 0 Å². The van der Waals surface area contributed by atoms with Crippen molar-refractivity contribution >= 4 is 17.6 Å². The molecule has 4 rings (SSSR count). The topological polar surface area (TPSA) is 104 Å². The van der Waals surface area contributed by atoms with Crippen LogP contribution in [0.3, 0.4) is 0 Å². The second kappa shape index (κ2) is 10.4. The number of hydrogen-bond acceptors (Lipinski definition) is 7. The number of esters is 1. The number of carbonyl (C=O) groups is 1. The summed E-state index contributed by atoms with van der Waals surface area (Å²) in [6, 6.07) is 19.7. The highest BCUT2D eigenvalue weighted by Crippen LogP contribution is 2.43. The van der Waals surface area contributed by atoms with Gasteiger partial charge in [0.25, 0.3) is 0 Å². The molecule has 1 unspecified atom stereocenters. The second-order valence-corrected chi connectivity index (χ2v) is 8.21. The summed E-state index contributed by atoms with van der Waals surface area (Å²) in [5, 5.41) is 10.3. The predicted molar refractivity (Wildman–Crippen MR) is 131 cm³/mol. The average molecular weight is 491 g/mol. The van der Waals surface area contributed by atoms with Crippen LogP contribution in [0, 0.1) is 18.3 Å². The van der Waals surface area contributed by atoms with Crippen molar-refractivity contribution in [1.29, 1.82) is 5.26 Å². The molecule has 0 amide bonds. The standard InChI is InChI=1S/C27H23ClN2O5/c1-3-32-18-6-4-17(5-7-18)26-21-10-8-20(13-24(21)35-27(30)22(26)14-29)34-25(31)15-33-19-9-11-23(28)16(2)12-19/h4-13,26H,3,15,30H2,1-2H3. The molecule has 1 atom stereocenters. The first-order chi connectivity index (χ1) is 16.9. The number of nitrogens with two attached hydrogens (primary N) is 1. The van der Waals surface area contributed by atoms with Gasteiger partial charge in [-0.05, 0) is 61.4 Å². The maximum absolute atomic E-state index is 12.3. The zero-order chi connectivity index (χ0) is 24.9. The molecule has 3 aromatic carbocycles. The predicted octanol–water partition coefficient (Wildman–Crippen LogP) is 5.25. The molecule has 3 aromatic rings. The minimum atomic E-state index is -0.586. The Bertz CT molecular complexity index is 1330. The van der Waals surface area contributed by atoms with E-state index in [1.807, 2.05) is 38.1 Å². The van der Waals surface area contributed by atoms with Crippen LogP contribution in [0.25, 0.3) is 0 Å². The lowest BCUT2D eigenvalue weighted by molar-refractivity contribution is -0.136. The molecule has 0 saturated heterocycles. The van der Waals surface area contributed by atoms with Crippen LogP contribution >= 0.6 is 11.6 Å². The first-order valence-electron chi connectivity index (χ1n) is 10.9. The van der Waals surface area contributed by atoms with E-state index in [1.54, 1.807) is 36.4 Å². The lowest BCUT2D eigenvalue weighted by atomic mass is 9.83. The number of allylic oxidation sites excluding steroid dienone is 1. The molecule has 35 heavy (non-hydrogen) atoms. The Balaban J connectivity index is 1.52. The van der Waals surface area contributed by atoms with Gasteiger partial charge in [0, 0.05) is 16.7 Å². The molecule has 0 spiro atoms. The summed E-state index contributed by atoms with van der Waals surface area (Å²) >= 11 is 6.01. The van der Waals surface area contributed by atoms with Gasteiger partial charge in [-0.1, -0.05) is 29.8 Å². The lowest BCUT2D eigenvalue weighted by Crippen LogP contribution is -2.21. The maximum Gasteiger partial charge on any atom is 0.349 e. The van der Waals surface area contributed by atoms with Crippen molar-refractivity contribution in [2.45, 2.75) is 19.8 Å². The van der Waals surface area contributed by atoms with Crippen LogP contribution in [-0.4, -0.2) is 19.2 Å². The van der Waals surface area contributed by atoms with Gasteiger partial charge in [-0.2, -0.15) is 5.26 Å². The number of rotatable bonds is 7. The van der Waals surface area contributed by atoms with Crippen LogP contribution in [0.5, 0.6) is 23.0 Å². The quantitative estimate of drug-likeness (QED) is 0.356. The number of carbonyl (C=O) groups excluding carboxylic acids is 1. The summed E-state index contributed by atoms with van der Waals surface area (Å²) in [7, 11) is 0. The average Bonchev–Trinajstić information content (AvgIpc) is 2.84. The van der Waals surface area contributed by atoms with E-state index in [2.05, 4.69) is 6.07 Å². The summed E-state index contributed by atoms with van der Waals surface area (Å²) in [5.74, 6) is 0.903. The third kappa shape index (κ3) is 5.34. The lowest BCUT2D eigenvalue weighted by Gasteiger charge is -2.26. The summed E-state index contributed by atoms with van der Waals surface area (Å²) in [6.07, 6.45) is 0. The minimum Gasteiger partial charge on any atom is -0.494 e. The monoisotopic (exact) mass is 490 g/mol. The fourth-order valence-electron chi connectivity index (χ4n) is 3.78. The molecule has 0 bridgehead atoms. The molecule has 0 fully saturated rings. The Morgan fingerprint density at radius 1 is 1.06 bits per heavy atom. The molecule has 0 saturated carbocycles. The first-order valence-corrected chi connectivity index (χ1v) is 11.3. The molecule has 178 valence electrons. The number of benzene rings is 3. The molecule has 7 nitrogen and oxygen atoms in total. The molecule has 1 aliphatic rings. The first kappa shape index (κ1) is 24.0. The third-order valence-electron chi connectivity index (χ3n) is 5.43. The molecule has 0 aromatic heterocycles. The smallest absolute Gasteiger partial charge is 0.349 e. The van der Waals surface area contributed by atoms with Gasteiger partial charge in [0.1, 0.15) is 34.6 Å². The highest BCUT2D eigenvalue weighted by molar-refractivity contribution is 6.31. The van der Waals surface area contributed by atoms with Crippen molar-refractivity contribution in [2.24, 2.45) is 5.73 Å². The number of nitrogens with zero attached hydrogens (tertiary/aromatic N) is 1. The van der Waals surface area contributed by atoms with Crippen molar-refractivity contribution < 1.29 is 23.7 Å². The van der Waals surface area contributed by atoms with E-state index in [0.717, 1.165) is 22.4 Å². The van der Waals surface area contributed by atoms with Crippen LogP contribution in [0.4, 0.5) is 0 Å². The molecule has 1 heterocycles. The van der Waals surface area contributed by atoms with Gasteiger partial charge in [0.2, 0.25) is 5.88 Å². The van der Waals surface area contributed by atoms with E-state index in [0.29, 0.717) is 28.7 Å². The molecular formula is C27H23ClN2O5. The summed E-state index contributed by atoms with van der Waals surface area (Å²) in [6.45, 7) is 4.03. The van der Waals surface area contributed by atoms with E-state index >= 15 is 0 Å². The number of hydrogen-bond donors (Lipinski definition) is 1. The van der Waals surface area contributed by atoms with Crippen LogP contribution < -0.4 is 24.7 Å². The van der Waals surface area contributed by atoms with Crippen molar-refractivity contribution in [3.8, 4) is 29.1 Å². The van der Waals surface area contributed by atoms with Gasteiger partial charge in [-0.3, -0.25) is 0 Å². The van der Waals surface area contributed by atoms with Gasteiger partial charge in [-0.15, -0.1) is 0 Å². The van der Waals surface area contributed by atoms with E-state index in [4.69, 9.17) is 36.3 Å². The van der Waals surface area contributed by atoms with Crippen molar-refractivity contribution in [3.05, 3.63) is 93.8 Å². The Morgan fingerprint density at radius 2 is 1.77 bits per heavy atom. The van der Waals surface area contributed by atoms with Gasteiger partial charge < -0.3 is 24.7 Å². The van der Waals surface area contributed by atoms with Crippen LogP contribution in [0.2, 0.25) is 5.02 Å². The Hall–Kier alpha value is -4.15. The number of aryl methyl sites for hydroxylation is 1. The molecule has 2 N–H and O–H groups in total.